The zero-order valence-electron chi connectivity index (χ0n) is 21.3. The van der Waals surface area contributed by atoms with Crippen molar-refractivity contribution < 1.29 is 19.3 Å². The van der Waals surface area contributed by atoms with Crippen LogP contribution in [-0.4, -0.2) is 39.5 Å². The van der Waals surface area contributed by atoms with Crippen molar-refractivity contribution in [3.63, 3.8) is 0 Å². The van der Waals surface area contributed by atoms with E-state index >= 15 is 0 Å². The van der Waals surface area contributed by atoms with E-state index in [1.54, 1.807) is 59.8 Å². The van der Waals surface area contributed by atoms with Crippen molar-refractivity contribution in [1.82, 2.24) is 5.01 Å². The summed E-state index contributed by atoms with van der Waals surface area (Å²) in [6.45, 7) is 0. The molecule has 1 fully saturated rings. The van der Waals surface area contributed by atoms with E-state index in [-0.39, 0.29) is 22.6 Å². The lowest BCUT2D eigenvalue weighted by molar-refractivity contribution is -0.384. The number of ketones is 3. The van der Waals surface area contributed by atoms with E-state index in [1.165, 1.54) is 24.3 Å². The fraction of sp³-hybridized carbons (Fsp3) is 0.125. The molecule has 7 rings (SSSR count). The fourth-order valence-electron chi connectivity index (χ4n) is 6.74. The number of fused-ring (bicyclic) bond motifs is 5. The Morgan fingerprint density at radius 1 is 0.854 bits per heavy atom. The van der Waals surface area contributed by atoms with Crippen molar-refractivity contribution in [3.05, 3.63) is 146 Å². The number of carbonyl (C=O) groups excluding carboxylic acids is 3. The van der Waals surface area contributed by atoms with E-state index in [0.29, 0.717) is 21.7 Å². The van der Waals surface area contributed by atoms with Crippen LogP contribution in [0.15, 0.2) is 102 Å². The molecule has 8 nitrogen and oxygen atoms in total. The van der Waals surface area contributed by atoms with Crippen LogP contribution in [0, 0.1) is 15.5 Å². The quantitative estimate of drug-likeness (QED) is 0.130. The van der Waals surface area contributed by atoms with Gasteiger partial charge in [0.2, 0.25) is 0 Å². The van der Waals surface area contributed by atoms with Crippen molar-refractivity contribution in [2.24, 2.45) is 10.5 Å². The molecular formula is C32H20ClN3O5. The predicted molar refractivity (Wildman–Crippen MR) is 152 cm³/mol. The zero-order chi connectivity index (χ0) is 28.5. The summed E-state index contributed by atoms with van der Waals surface area (Å²) in [5.41, 5.74) is 0.926. The average molecular weight is 562 g/mol. The Balaban J connectivity index is 1.54. The first-order chi connectivity index (χ1) is 19.8. The average Bonchev–Trinajstić information content (AvgIpc) is 3.43. The number of nitro groups is 1. The van der Waals surface area contributed by atoms with E-state index in [2.05, 4.69) is 0 Å². The number of Topliss-reactive ketones (excluding diaryl/α,β-unsaturated/α-hetero) is 3. The van der Waals surface area contributed by atoms with E-state index in [4.69, 9.17) is 16.7 Å². The first-order valence-corrected chi connectivity index (χ1v) is 13.4. The lowest BCUT2D eigenvalue weighted by Crippen LogP contribution is -2.43. The standard InChI is InChI=1S/C32H20ClN3O5/c33-21-13-9-19(10-14-21)28(37)27-26(18-11-15-22(16-12-18)36(40)41)32(30(38)24-7-3-4-8-25(24)31(32)39)29-23-6-2-1-5-20(23)17-34-35(27)29/h1-17,26-27,29H/t26-,27-,29+/m0/s1. The van der Waals surface area contributed by atoms with Gasteiger partial charge < -0.3 is 0 Å². The zero-order valence-corrected chi connectivity index (χ0v) is 22.1. The number of nitro benzene ring substituents is 1. The summed E-state index contributed by atoms with van der Waals surface area (Å²) in [5.74, 6) is -2.14. The summed E-state index contributed by atoms with van der Waals surface area (Å²) >= 11 is 6.11. The SMILES string of the molecule is O=C(c1ccc(Cl)cc1)[C@@H]1[C@H](c2ccc([N+](=O)[O-])cc2)C2(C(=O)c3ccccc3C2=O)[C@H]2c3ccccc3C=NN12. The number of halogens is 1. The summed E-state index contributed by atoms with van der Waals surface area (Å²) in [7, 11) is 0. The Labute approximate surface area is 239 Å². The molecule has 2 aliphatic heterocycles. The molecule has 3 aliphatic rings. The van der Waals surface area contributed by atoms with Gasteiger partial charge in [0.25, 0.3) is 5.69 Å². The minimum Gasteiger partial charge on any atom is -0.293 e. The third kappa shape index (κ3) is 3.40. The Bertz CT molecular complexity index is 1780. The van der Waals surface area contributed by atoms with E-state index in [1.807, 2.05) is 24.3 Å². The number of hydrogen-bond donors (Lipinski definition) is 0. The minimum absolute atomic E-state index is 0.144. The summed E-state index contributed by atoms with van der Waals surface area (Å²) < 4.78 is 0. The molecule has 0 saturated carbocycles. The first kappa shape index (κ1) is 25.0. The molecule has 0 unspecified atom stereocenters. The molecule has 4 aromatic rings. The normalized spacial score (nSPS) is 21.5. The van der Waals surface area contributed by atoms with Crippen LogP contribution in [0.1, 0.15) is 59.7 Å². The minimum atomic E-state index is -1.75. The highest BCUT2D eigenvalue weighted by Crippen LogP contribution is 2.64. The third-order valence-corrected chi connectivity index (χ3v) is 8.69. The first-order valence-electron chi connectivity index (χ1n) is 13.0. The summed E-state index contributed by atoms with van der Waals surface area (Å²) in [6, 6.07) is 24.2. The van der Waals surface area contributed by atoms with E-state index in [9.17, 15) is 24.5 Å². The van der Waals surface area contributed by atoms with E-state index in [0.717, 1.165) is 5.56 Å². The van der Waals surface area contributed by atoms with Crippen molar-refractivity contribution in [2.75, 3.05) is 0 Å². The highest BCUT2D eigenvalue weighted by Gasteiger charge is 2.72. The predicted octanol–water partition coefficient (Wildman–Crippen LogP) is 6.05. The third-order valence-electron chi connectivity index (χ3n) is 8.44. The number of hydrogen-bond acceptors (Lipinski definition) is 7. The number of rotatable bonds is 4. The van der Waals surface area contributed by atoms with E-state index < -0.39 is 39.9 Å². The fourth-order valence-corrected chi connectivity index (χ4v) is 6.86. The molecule has 3 atom stereocenters. The molecule has 0 amide bonds. The van der Waals surface area contributed by atoms with Gasteiger partial charge in [-0.15, -0.1) is 0 Å². The summed E-state index contributed by atoms with van der Waals surface area (Å²) in [6.07, 6.45) is 1.64. The Hall–Kier alpha value is -4.95. The van der Waals surface area contributed by atoms with Crippen molar-refractivity contribution in [2.45, 2.75) is 18.0 Å². The highest BCUT2D eigenvalue weighted by molar-refractivity contribution is 6.32. The Kier molecular flexibility index (Phi) is 5.52. The molecule has 0 bridgehead atoms. The molecule has 200 valence electrons. The molecule has 4 aromatic carbocycles. The smallest absolute Gasteiger partial charge is 0.269 e. The van der Waals surface area contributed by atoms with Gasteiger partial charge in [-0.05, 0) is 41.0 Å². The largest absolute Gasteiger partial charge is 0.293 e. The number of non-ortho nitro benzene ring substituents is 1. The molecule has 0 N–H and O–H groups in total. The van der Waals surface area contributed by atoms with Crippen LogP contribution < -0.4 is 0 Å². The second-order valence-electron chi connectivity index (χ2n) is 10.4. The molecular weight excluding hydrogens is 542 g/mol. The van der Waals surface area contributed by atoms with Gasteiger partial charge in [-0.3, -0.25) is 29.5 Å². The molecule has 1 saturated heterocycles. The maximum Gasteiger partial charge on any atom is 0.269 e. The van der Waals surface area contributed by atoms with Gasteiger partial charge in [-0.2, -0.15) is 5.10 Å². The molecule has 41 heavy (non-hydrogen) atoms. The van der Waals surface area contributed by atoms with Crippen LogP contribution in [0.4, 0.5) is 5.69 Å². The van der Waals surface area contributed by atoms with Gasteiger partial charge >= 0.3 is 0 Å². The molecule has 1 aliphatic carbocycles. The van der Waals surface area contributed by atoms with Crippen molar-refractivity contribution in [1.29, 1.82) is 0 Å². The number of carbonyl (C=O) groups is 3. The summed E-state index contributed by atoms with van der Waals surface area (Å²) in [4.78, 5) is 54.7. The molecule has 1 spiro atoms. The van der Waals surface area contributed by atoms with Gasteiger partial charge in [0.05, 0.1) is 17.2 Å². The molecule has 9 heteroatoms. The van der Waals surface area contributed by atoms with Gasteiger partial charge in [0.1, 0.15) is 11.5 Å². The lowest BCUT2D eigenvalue weighted by atomic mass is 9.63. The van der Waals surface area contributed by atoms with Gasteiger partial charge in [0, 0.05) is 39.8 Å². The highest BCUT2D eigenvalue weighted by atomic mass is 35.5. The number of benzene rings is 4. The Morgan fingerprint density at radius 3 is 2.10 bits per heavy atom. The molecule has 0 aromatic heterocycles. The van der Waals surface area contributed by atoms with Crippen LogP contribution in [0.2, 0.25) is 5.02 Å². The van der Waals surface area contributed by atoms with Crippen LogP contribution in [0.3, 0.4) is 0 Å². The second-order valence-corrected chi connectivity index (χ2v) is 10.8. The van der Waals surface area contributed by atoms with Crippen LogP contribution >= 0.6 is 11.6 Å². The molecule has 2 heterocycles. The Morgan fingerprint density at radius 2 is 1.46 bits per heavy atom. The lowest BCUT2D eigenvalue weighted by Gasteiger charge is -2.36. The second kappa shape index (κ2) is 9.04. The maximum absolute atomic E-state index is 14.7. The van der Waals surface area contributed by atoms with Crippen LogP contribution in [0.25, 0.3) is 0 Å². The monoisotopic (exact) mass is 561 g/mol. The maximum atomic E-state index is 14.7. The summed E-state index contributed by atoms with van der Waals surface area (Å²) in [5, 5.41) is 18.2. The van der Waals surface area contributed by atoms with Crippen LogP contribution in [-0.2, 0) is 0 Å². The van der Waals surface area contributed by atoms with Crippen LogP contribution in [0.5, 0.6) is 0 Å². The van der Waals surface area contributed by atoms with Crippen molar-refractivity contribution >= 4 is 40.9 Å². The number of hydrazone groups is 1. The van der Waals surface area contributed by atoms with Gasteiger partial charge in [-0.1, -0.05) is 72.3 Å². The topological polar surface area (TPSA) is 110 Å². The van der Waals surface area contributed by atoms with Gasteiger partial charge in [-0.25, -0.2) is 0 Å². The van der Waals surface area contributed by atoms with Gasteiger partial charge in [0.15, 0.2) is 17.3 Å². The molecule has 0 radical (unpaired) electrons. The number of nitrogens with zero attached hydrogens (tertiary/aromatic N) is 3. The van der Waals surface area contributed by atoms with Crippen molar-refractivity contribution in [3.8, 4) is 0 Å².